The van der Waals surface area contributed by atoms with Crippen LogP contribution < -0.4 is 5.32 Å². The summed E-state index contributed by atoms with van der Waals surface area (Å²) >= 11 is 1.48. The predicted molar refractivity (Wildman–Crippen MR) is 74.5 cm³/mol. The first-order chi connectivity index (χ1) is 9.24. The highest BCUT2D eigenvalue weighted by molar-refractivity contribution is 7.09. The molecule has 0 aliphatic heterocycles. The summed E-state index contributed by atoms with van der Waals surface area (Å²) in [6.45, 7) is 1.89. The van der Waals surface area contributed by atoms with Gasteiger partial charge in [-0.2, -0.15) is 5.10 Å². The highest BCUT2D eigenvalue weighted by atomic mass is 32.1. The molecular formula is C13H16N4OS. The molecule has 5 nitrogen and oxygen atoms in total. The first-order valence-corrected chi connectivity index (χ1v) is 7.39. The van der Waals surface area contributed by atoms with Gasteiger partial charge in [-0.1, -0.05) is 12.8 Å². The lowest BCUT2D eigenvalue weighted by Gasteiger charge is -2.14. The second kappa shape index (κ2) is 5.13. The Balaban J connectivity index is 1.76. The van der Waals surface area contributed by atoms with Gasteiger partial charge in [0, 0.05) is 11.4 Å². The molecule has 0 atom stereocenters. The fourth-order valence-corrected chi connectivity index (χ4v) is 3.09. The molecule has 0 aromatic carbocycles. The van der Waals surface area contributed by atoms with E-state index in [1.165, 1.54) is 24.2 Å². The molecule has 3 rings (SSSR count). The molecule has 19 heavy (non-hydrogen) atoms. The van der Waals surface area contributed by atoms with Crippen LogP contribution in [0.4, 0.5) is 5.82 Å². The summed E-state index contributed by atoms with van der Waals surface area (Å²) in [6, 6.07) is 2.26. The highest BCUT2D eigenvalue weighted by Crippen LogP contribution is 2.31. The zero-order chi connectivity index (χ0) is 13.2. The van der Waals surface area contributed by atoms with Gasteiger partial charge in [-0.3, -0.25) is 4.79 Å². The molecule has 6 heteroatoms. The maximum absolute atomic E-state index is 12.1. The summed E-state index contributed by atoms with van der Waals surface area (Å²) in [5.74, 6) is 0.603. The predicted octanol–water partition coefficient (Wildman–Crippen LogP) is 3.02. The molecule has 2 aromatic heterocycles. The van der Waals surface area contributed by atoms with Gasteiger partial charge in [0.15, 0.2) is 0 Å². The van der Waals surface area contributed by atoms with E-state index < -0.39 is 0 Å². The van der Waals surface area contributed by atoms with Crippen LogP contribution in [0.1, 0.15) is 47.2 Å². The van der Waals surface area contributed by atoms with E-state index in [1.807, 2.05) is 17.7 Å². The average Bonchev–Trinajstić information content (AvgIpc) is 3.07. The number of nitrogens with one attached hydrogen (secondary N) is 1. The first-order valence-electron chi connectivity index (χ1n) is 6.51. The van der Waals surface area contributed by atoms with Crippen molar-refractivity contribution in [1.82, 2.24) is 14.8 Å². The van der Waals surface area contributed by atoms with Crippen molar-refractivity contribution >= 4 is 23.1 Å². The number of anilines is 1. The summed E-state index contributed by atoms with van der Waals surface area (Å²) in [5.41, 5.74) is 0.474. The van der Waals surface area contributed by atoms with Crippen molar-refractivity contribution in [3.05, 3.63) is 28.3 Å². The standard InChI is InChI=1S/C13H16N4OS/c1-9-15-11(8-19-9)13(18)16-12-6-7-14-17(12)10-4-2-3-5-10/h6-8,10H,2-5H2,1H3,(H,16,18). The molecule has 0 bridgehead atoms. The zero-order valence-corrected chi connectivity index (χ0v) is 11.6. The molecule has 0 spiro atoms. The third-order valence-corrected chi connectivity index (χ3v) is 4.21. The zero-order valence-electron chi connectivity index (χ0n) is 10.8. The molecule has 1 aliphatic rings. The Bertz CT molecular complexity index is 583. The fraction of sp³-hybridized carbons (Fsp3) is 0.462. The van der Waals surface area contributed by atoms with E-state index in [0.717, 1.165) is 23.7 Å². The van der Waals surface area contributed by atoms with Crippen LogP contribution in [0.3, 0.4) is 0 Å². The molecule has 0 saturated heterocycles. The molecular weight excluding hydrogens is 260 g/mol. The summed E-state index contributed by atoms with van der Waals surface area (Å²) in [6.07, 6.45) is 6.49. The number of nitrogens with zero attached hydrogens (tertiary/aromatic N) is 3. The number of aromatic nitrogens is 3. The van der Waals surface area contributed by atoms with Gasteiger partial charge in [0.25, 0.3) is 5.91 Å². The molecule has 1 saturated carbocycles. The van der Waals surface area contributed by atoms with Crippen molar-refractivity contribution in [2.75, 3.05) is 5.32 Å². The molecule has 100 valence electrons. The minimum absolute atomic E-state index is 0.163. The second-order valence-corrected chi connectivity index (χ2v) is 5.87. The molecule has 1 aliphatic carbocycles. The van der Waals surface area contributed by atoms with Gasteiger partial charge >= 0.3 is 0 Å². The van der Waals surface area contributed by atoms with Gasteiger partial charge in [-0.05, 0) is 19.8 Å². The van der Waals surface area contributed by atoms with Crippen LogP contribution in [0.2, 0.25) is 0 Å². The van der Waals surface area contributed by atoms with Gasteiger partial charge in [0.05, 0.1) is 17.2 Å². The molecule has 0 unspecified atom stereocenters. The van der Waals surface area contributed by atoms with Crippen LogP contribution in [0.5, 0.6) is 0 Å². The van der Waals surface area contributed by atoms with E-state index in [0.29, 0.717) is 11.7 Å². The van der Waals surface area contributed by atoms with Crippen molar-refractivity contribution in [2.24, 2.45) is 0 Å². The number of carbonyl (C=O) groups is 1. The van der Waals surface area contributed by atoms with E-state index in [1.54, 1.807) is 11.6 Å². The third kappa shape index (κ3) is 2.53. The maximum atomic E-state index is 12.1. The Kier molecular flexibility index (Phi) is 3.33. The molecule has 1 N–H and O–H groups in total. The largest absolute Gasteiger partial charge is 0.305 e. The number of hydrogen-bond donors (Lipinski definition) is 1. The van der Waals surface area contributed by atoms with Crippen molar-refractivity contribution < 1.29 is 4.79 Å². The maximum Gasteiger partial charge on any atom is 0.276 e. The number of carbonyl (C=O) groups excluding carboxylic acids is 1. The minimum atomic E-state index is -0.163. The Hall–Kier alpha value is -1.69. The van der Waals surface area contributed by atoms with Crippen molar-refractivity contribution in [3.8, 4) is 0 Å². The highest BCUT2D eigenvalue weighted by Gasteiger charge is 2.21. The van der Waals surface area contributed by atoms with E-state index in [4.69, 9.17) is 0 Å². The lowest BCUT2D eigenvalue weighted by molar-refractivity contribution is 0.102. The van der Waals surface area contributed by atoms with Gasteiger partial charge in [0.1, 0.15) is 11.5 Å². The van der Waals surface area contributed by atoms with Crippen LogP contribution in [0, 0.1) is 6.92 Å². The van der Waals surface area contributed by atoms with Crippen LogP contribution in [0.15, 0.2) is 17.6 Å². The number of rotatable bonds is 3. The van der Waals surface area contributed by atoms with Crippen LogP contribution in [-0.4, -0.2) is 20.7 Å². The normalized spacial score (nSPS) is 15.8. The van der Waals surface area contributed by atoms with Crippen molar-refractivity contribution in [3.63, 3.8) is 0 Å². The molecule has 1 fully saturated rings. The smallest absolute Gasteiger partial charge is 0.276 e. The number of hydrogen-bond acceptors (Lipinski definition) is 4. The van der Waals surface area contributed by atoms with Gasteiger partial charge < -0.3 is 5.32 Å². The number of aryl methyl sites for hydroxylation is 1. The fourth-order valence-electron chi connectivity index (χ4n) is 2.50. The Morgan fingerprint density at radius 1 is 1.47 bits per heavy atom. The summed E-state index contributed by atoms with van der Waals surface area (Å²) < 4.78 is 1.93. The van der Waals surface area contributed by atoms with E-state index in [-0.39, 0.29) is 5.91 Å². The first kappa shape index (κ1) is 12.3. The summed E-state index contributed by atoms with van der Waals surface area (Å²) in [4.78, 5) is 16.3. The minimum Gasteiger partial charge on any atom is -0.305 e. The second-order valence-electron chi connectivity index (χ2n) is 4.81. The lowest BCUT2D eigenvalue weighted by atomic mass is 10.2. The summed E-state index contributed by atoms with van der Waals surface area (Å²) in [5, 5.41) is 9.91. The van der Waals surface area contributed by atoms with Gasteiger partial charge in [-0.25, -0.2) is 9.67 Å². The molecule has 1 amide bonds. The summed E-state index contributed by atoms with van der Waals surface area (Å²) in [7, 11) is 0. The molecule has 2 aromatic rings. The monoisotopic (exact) mass is 276 g/mol. The van der Waals surface area contributed by atoms with Crippen molar-refractivity contribution in [1.29, 1.82) is 0 Å². The topological polar surface area (TPSA) is 59.8 Å². The SMILES string of the molecule is Cc1nc(C(=O)Nc2ccnn2C2CCCC2)cs1. The van der Waals surface area contributed by atoms with Crippen molar-refractivity contribution in [2.45, 2.75) is 38.6 Å². The van der Waals surface area contributed by atoms with E-state index in [2.05, 4.69) is 15.4 Å². The quantitative estimate of drug-likeness (QED) is 0.937. The van der Waals surface area contributed by atoms with Crippen LogP contribution in [0.25, 0.3) is 0 Å². The Morgan fingerprint density at radius 3 is 2.95 bits per heavy atom. The number of thiazole rings is 1. The Labute approximate surface area is 115 Å². The number of amides is 1. The lowest BCUT2D eigenvalue weighted by Crippen LogP contribution is -2.18. The van der Waals surface area contributed by atoms with Gasteiger partial charge in [0.2, 0.25) is 0 Å². The van der Waals surface area contributed by atoms with E-state index >= 15 is 0 Å². The third-order valence-electron chi connectivity index (χ3n) is 3.43. The van der Waals surface area contributed by atoms with Crippen LogP contribution in [-0.2, 0) is 0 Å². The van der Waals surface area contributed by atoms with E-state index in [9.17, 15) is 4.79 Å². The average molecular weight is 276 g/mol. The van der Waals surface area contributed by atoms with Crippen LogP contribution >= 0.6 is 11.3 Å². The Morgan fingerprint density at radius 2 is 2.26 bits per heavy atom. The molecule has 2 heterocycles. The molecule has 0 radical (unpaired) electrons. The van der Waals surface area contributed by atoms with Gasteiger partial charge in [-0.15, -0.1) is 11.3 Å².